The highest BCUT2D eigenvalue weighted by Crippen LogP contribution is 2.28. The lowest BCUT2D eigenvalue weighted by molar-refractivity contribution is -0.0644. The van der Waals surface area contributed by atoms with Crippen LogP contribution in [0.4, 0.5) is 5.13 Å². The number of piperazine rings is 1. The van der Waals surface area contributed by atoms with Crippen LogP contribution in [0.25, 0.3) is 0 Å². The van der Waals surface area contributed by atoms with Gasteiger partial charge in [-0.25, -0.2) is 4.98 Å². The minimum atomic E-state index is -0.274. The highest BCUT2D eigenvalue weighted by molar-refractivity contribution is 7.13. The van der Waals surface area contributed by atoms with Crippen molar-refractivity contribution in [2.75, 3.05) is 44.2 Å². The highest BCUT2D eigenvalue weighted by Gasteiger charge is 2.30. The molecule has 2 fully saturated rings. The third-order valence-corrected chi connectivity index (χ3v) is 5.50. The van der Waals surface area contributed by atoms with E-state index >= 15 is 0 Å². The van der Waals surface area contributed by atoms with Crippen LogP contribution in [0, 0.1) is 0 Å². The van der Waals surface area contributed by atoms with E-state index in [9.17, 15) is 0 Å². The third-order valence-electron chi connectivity index (χ3n) is 4.42. The molecule has 0 saturated carbocycles. The molecule has 0 N–H and O–H groups in total. The minimum absolute atomic E-state index is 0.122. The van der Waals surface area contributed by atoms with Crippen molar-refractivity contribution in [3.8, 4) is 0 Å². The lowest BCUT2D eigenvalue weighted by atomic mass is 10.2. The normalized spacial score (nSPS) is 25.3. The van der Waals surface area contributed by atoms with Gasteiger partial charge in [-0.05, 0) is 12.1 Å². The second-order valence-corrected chi connectivity index (χ2v) is 7.39. The molecular weight excluding hydrogens is 346 g/mol. The molecule has 7 heteroatoms. The fourth-order valence-electron chi connectivity index (χ4n) is 3.12. The van der Waals surface area contributed by atoms with Crippen LogP contribution in [0.15, 0.2) is 35.8 Å². The molecule has 2 aliphatic rings. The zero-order valence-corrected chi connectivity index (χ0v) is 14.9. The maximum absolute atomic E-state index is 6.06. The molecule has 24 heavy (non-hydrogen) atoms. The quantitative estimate of drug-likeness (QED) is 0.832. The Bertz CT molecular complexity index is 644. The molecule has 2 aromatic rings. The average Bonchev–Trinajstić information content (AvgIpc) is 3.28. The molecular formula is C17H20ClN3O2S. The number of aromatic nitrogens is 1. The molecule has 1 aromatic heterocycles. The standard InChI is InChI=1S/C17H20ClN3O2S/c18-14-3-1-13(2-4-14)16-22-12-15(23-16)11-20-6-8-21(9-7-20)17-19-5-10-24-17/h1-5,10,15-16H,6-9,11-12H2/t15-,16-/m0/s1. The van der Waals surface area contributed by atoms with Crippen LogP contribution >= 0.6 is 22.9 Å². The third kappa shape index (κ3) is 3.73. The maximum Gasteiger partial charge on any atom is 0.185 e. The summed E-state index contributed by atoms with van der Waals surface area (Å²) in [6.45, 7) is 5.65. The Hall–Kier alpha value is -1.18. The van der Waals surface area contributed by atoms with E-state index in [4.69, 9.17) is 21.1 Å². The van der Waals surface area contributed by atoms with Gasteiger partial charge in [0.1, 0.15) is 0 Å². The summed E-state index contributed by atoms with van der Waals surface area (Å²) in [7, 11) is 0. The summed E-state index contributed by atoms with van der Waals surface area (Å²) >= 11 is 7.63. The Morgan fingerprint density at radius 3 is 2.67 bits per heavy atom. The average molecular weight is 366 g/mol. The SMILES string of the molecule is Clc1ccc([C@H]2OC[C@H](CN3CCN(c4nccs4)CC3)O2)cc1. The van der Waals surface area contributed by atoms with Gasteiger partial charge in [0, 0.05) is 54.9 Å². The predicted octanol–water partition coefficient (Wildman–Crippen LogP) is 3.03. The van der Waals surface area contributed by atoms with Crippen molar-refractivity contribution in [3.63, 3.8) is 0 Å². The summed E-state index contributed by atoms with van der Waals surface area (Å²) in [6, 6.07) is 7.66. The van der Waals surface area contributed by atoms with Gasteiger partial charge in [0.05, 0.1) is 12.7 Å². The van der Waals surface area contributed by atoms with Crippen molar-refractivity contribution in [3.05, 3.63) is 46.4 Å². The predicted molar refractivity (Wildman–Crippen MR) is 95.8 cm³/mol. The first-order chi connectivity index (χ1) is 11.8. The summed E-state index contributed by atoms with van der Waals surface area (Å²) < 4.78 is 11.9. The van der Waals surface area contributed by atoms with Gasteiger partial charge in [0.15, 0.2) is 11.4 Å². The van der Waals surface area contributed by atoms with E-state index in [0.717, 1.165) is 48.4 Å². The van der Waals surface area contributed by atoms with E-state index in [1.165, 1.54) is 0 Å². The molecule has 3 heterocycles. The molecule has 0 aliphatic carbocycles. The first-order valence-electron chi connectivity index (χ1n) is 8.17. The number of halogens is 1. The second-order valence-electron chi connectivity index (χ2n) is 6.08. The molecule has 4 rings (SSSR count). The molecule has 1 aromatic carbocycles. The van der Waals surface area contributed by atoms with E-state index in [0.29, 0.717) is 6.61 Å². The van der Waals surface area contributed by atoms with Gasteiger partial charge < -0.3 is 14.4 Å². The number of nitrogens with zero attached hydrogens (tertiary/aromatic N) is 3. The summed E-state index contributed by atoms with van der Waals surface area (Å²) in [5.74, 6) is 0. The van der Waals surface area contributed by atoms with Crippen molar-refractivity contribution < 1.29 is 9.47 Å². The number of hydrogen-bond donors (Lipinski definition) is 0. The number of hydrogen-bond acceptors (Lipinski definition) is 6. The van der Waals surface area contributed by atoms with Crippen LogP contribution in [0.5, 0.6) is 0 Å². The van der Waals surface area contributed by atoms with Crippen LogP contribution in [-0.4, -0.2) is 55.3 Å². The lowest BCUT2D eigenvalue weighted by Gasteiger charge is -2.35. The van der Waals surface area contributed by atoms with Crippen molar-refractivity contribution in [2.45, 2.75) is 12.4 Å². The Morgan fingerprint density at radius 1 is 1.17 bits per heavy atom. The van der Waals surface area contributed by atoms with Crippen molar-refractivity contribution in [1.29, 1.82) is 0 Å². The van der Waals surface area contributed by atoms with Crippen molar-refractivity contribution in [2.24, 2.45) is 0 Å². The minimum Gasteiger partial charge on any atom is -0.346 e. The number of ether oxygens (including phenoxy) is 2. The summed E-state index contributed by atoms with van der Waals surface area (Å²) in [5.41, 5.74) is 1.02. The zero-order chi connectivity index (χ0) is 16.4. The molecule has 0 amide bonds. The molecule has 5 nitrogen and oxygen atoms in total. The van der Waals surface area contributed by atoms with Crippen LogP contribution in [0.1, 0.15) is 11.9 Å². The Balaban J connectivity index is 1.26. The Morgan fingerprint density at radius 2 is 1.96 bits per heavy atom. The smallest absolute Gasteiger partial charge is 0.185 e. The number of rotatable bonds is 4. The van der Waals surface area contributed by atoms with E-state index in [1.54, 1.807) is 11.3 Å². The Kier molecular flexibility index (Phi) is 5.01. The van der Waals surface area contributed by atoms with Crippen LogP contribution in [0.3, 0.4) is 0 Å². The van der Waals surface area contributed by atoms with E-state index in [-0.39, 0.29) is 12.4 Å². The maximum atomic E-state index is 6.06. The largest absolute Gasteiger partial charge is 0.346 e. The molecule has 0 bridgehead atoms. The molecule has 0 radical (unpaired) electrons. The molecule has 2 aliphatic heterocycles. The van der Waals surface area contributed by atoms with Crippen LogP contribution < -0.4 is 4.90 Å². The van der Waals surface area contributed by atoms with Crippen molar-refractivity contribution >= 4 is 28.1 Å². The van der Waals surface area contributed by atoms with E-state index in [2.05, 4.69) is 14.8 Å². The van der Waals surface area contributed by atoms with Gasteiger partial charge in [-0.2, -0.15) is 0 Å². The number of thiazole rings is 1. The number of benzene rings is 1. The second kappa shape index (κ2) is 7.37. The molecule has 0 spiro atoms. The Labute approximate surface area is 150 Å². The summed E-state index contributed by atoms with van der Waals surface area (Å²) in [5, 5.41) is 3.88. The summed E-state index contributed by atoms with van der Waals surface area (Å²) in [4.78, 5) is 9.19. The molecule has 0 unspecified atom stereocenters. The van der Waals surface area contributed by atoms with Gasteiger partial charge in [-0.1, -0.05) is 23.7 Å². The van der Waals surface area contributed by atoms with Crippen LogP contribution in [0.2, 0.25) is 5.02 Å². The number of anilines is 1. The van der Waals surface area contributed by atoms with E-state index < -0.39 is 0 Å². The monoisotopic (exact) mass is 365 g/mol. The zero-order valence-electron chi connectivity index (χ0n) is 13.3. The molecule has 2 atom stereocenters. The molecule has 2 saturated heterocycles. The fourth-order valence-corrected chi connectivity index (χ4v) is 3.94. The van der Waals surface area contributed by atoms with E-state index in [1.807, 2.05) is 35.8 Å². The highest BCUT2D eigenvalue weighted by atomic mass is 35.5. The summed E-state index contributed by atoms with van der Waals surface area (Å²) in [6.07, 6.45) is 1.72. The van der Waals surface area contributed by atoms with Crippen molar-refractivity contribution in [1.82, 2.24) is 9.88 Å². The van der Waals surface area contributed by atoms with Gasteiger partial charge >= 0.3 is 0 Å². The van der Waals surface area contributed by atoms with Crippen LogP contribution in [-0.2, 0) is 9.47 Å². The lowest BCUT2D eigenvalue weighted by Crippen LogP contribution is -2.48. The molecule has 128 valence electrons. The van der Waals surface area contributed by atoms with Gasteiger partial charge in [0.25, 0.3) is 0 Å². The topological polar surface area (TPSA) is 37.8 Å². The van der Waals surface area contributed by atoms with Gasteiger partial charge in [0.2, 0.25) is 0 Å². The first-order valence-corrected chi connectivity index (χ1v) is 9.43. The fraction of sp³-hybridized carbons (Fsp3) is 0.471. The first kappa shape index (κ1) is 16.3. The van der Waals surface area contributed by atoms with Gasteiger partial charge in [-0.3, -0.25) is 4.90 Å². The van der Waals surface area contributed by atoms with Gasteiger partial charge in [-0.15, -0.1) is 11.3 Å².